The Morgan fingerprint density at radius 3 is 2.55 bits per heavy atom. The normalized spacial score (nSPS) is 13.4. The van der Waals surface area contributed by atoms with Gasteiger partial charge in [0, 0.05) is 24.2 Å². The van der Waals surface area contributed by atoms with Gasteiger partial charge in [0.25, 0.3) is 0 Å². The van der Waals surface area contributed by atoms with Crippen LogP contribution in [0.2, 0.25) is 10.0 Å². The lowest BCUT2D eigenvalue weighted by Gasteiger charge is -2.15. The Kier molecular flexibility index (Phi) is 6.71. The molecule has 8 heteroatoms. The van der Waals surface area contributed by atoms with E-state index in [0.29, 0.717) is 17.2 Å². The lowest BCUT2D eigenvalue weighted by molar-refractivity contribution is 0.133. The van der Waals surface area contributed by atoms with Gasteiger partial charge in [0.2, 0.25) is 10.0 Å². The molecule has 0 radical (unpaired) electrons. The van der Waals surface area contributed by atoms with Gasteiger partial charge in [-0.1, -0.05) is 23.2 Å². The fourth-order valence-corrected chi connectivity index (χ4v) is 3.69. The molecule has 0 aliphatic heterocycles. The molecule has 1 aromatic rings. The van der Waals surface area contributed by atoms with Crippen LogP contribution in [0.4, 0.5) is 0 Å². The van der Waals surface area contributed by atoms with Crippen molar-refractivity contribution in [1.29, 1.82) is 0 Å². The van der Waals surface area contributed by atoms with E-state index in [0.717, 1.165) is 0 Å². The maximum absolute atomic E-state index is 12.3. The topological polar surface area (TPSA) is 81.4 Å². The van der Waals surface area contributed by atoms with E-state index in [4.69, 9.17) is 33.7 Å². The summed E-state index contributed by atoms with van der Waals surface area (Å²) in [6.07, 6.45) is 0. The molecule has 0 aromatic heterocycles. The van der Waals surface area contributed by atoms with Gasteiger partial charge in [-0.2, -0.15) is 0 Å². The van der Waals surface area contributed by atoms with Crippen molar-refractivity contribution in [3.63, 3.8) is 0 Å². The number of hydrogen-bond donors (Lipinski definition) is 2. The summed E-state index contributed by atoms with van der Waals surface area (Å²) >= 11 is 11.9. The molecular weight excluding hydrogens is 323 g/mol. The smallest absolute Gasteiger partial charge is 0.242 e. The van der Waals surface area contributed by atoms with Gasteiger partial charge in [0.15, 0.2) is 0 Å². The van der Waals surface area contributed by atoms with Crippen LogP contribution in [0.5, 0.6) is 0 Å². The molecule has 1 aromatic carbocycles. The highest BCUT2D eigenvalue weighted by Gasteiger charge is 2.22. The lowest BCUT2D eigenvalue weighted by atomic mass is 10.2. The summed E-state index contributed by atoms with van der Waals surface area (Å²) < 4.78 is 32.2. The third kappa shape index (κ3) is 4.58. The molecule has 0 spiro atoms. The maximum Gasteiger partial charge on any atom is 0.242 e. The van der Waals surface area contributed by atoms with Crippen LogP contribution in [0.1, 0.15) is 19.4 Å². The third-order valence-corrected chi connectivity index (χ3v) is 4.94. The second-order valence-electron chi connectivity index (χ2n) is 4.26. The molecule has 0 bridgehead atoms. The largest absolute Gasteiger partial charge is 0.380 e. The molecular formula is C12H18Cl2N2O3S. The zero-order valence-electron chi connectivity index (χ0n) is 11.3. The fraction of sp³-hybridized carbons (Fsp3) is 0.500. The number of hydrogen-bond acceptors (Lipinski definition) is 4. The van der Waals surface area contributed by atoms with Crippen LogP contribution in [0.3, 0.4) is 0 Å². The van der Waals surface area contributed by atoms with E-state index in [-0.39, 0.29) is 29.1 Å². The first kappa shape index (κ1) is 17.7. The molecule has 0 amide bonds. The Balaban J connectivity index is 3.03. The summed E-state index contributed by atoms with van der Waals surface area (Å²) in [5, 5.41) is 0.405. The molecule has 20 heavy (non-hydrogen) atoms. The Bertz CT molecular complexity index is 564. The second-order valence-corrected chi connectivity index (χ2v) is 6.76. The number of rotatable bonds is 7. The number of nitrogens with two attached hydrogens (primary N) is 1. The van der Waals surface area contributed by atoms with Crippen molar-refractivity contribution in [1.82, 2.24) is 4.72 Å². The summed E-state index contributed by atoms with van der Waals surface area (Å²) in [4.78, 5) is -0.0348. The van der Waals surface area contributed by atoms with Gasteiger partial charge in [0.05, 0.1) is 11.6 Å². The van der Waals surface area contributed by atoms with Gasteiger partial charge in [-0.05, 0) is 31.5 Å². The summed E-state index contributed by atoms with van der Waals surface area (Å²) in [6.45, 7) is 4.48. The van der Waals surface area contributed by atoms with Crippen molar-refractivity contribution >= 4 is 33.2 Å². The van der Waals surface area contributed by atoms with Crippen LogP contribution in [-0.2, 0) is 21.3 Å². The van der Waals surface area contributed by atoms with Crippen molar-refractivity contribution < 1.29 is 13.2 Å². The van der Waals surface area contributed by atoms with Gasteiger partial charge < -0.3 is 10.5 Å². The average molecular weight is 341 g/mol. The van der Waals surface area contributed by atoms with Crippen molar-refractivity contribution in [2.24, 2.45) is 5.73 Å². The Labute approximate surface area is 129 Å². The minimum Gasteiger partial charge on any atom is -0.380 e. The highest BCUT2D eigenvalue weighted by atomic mass is 35.5. The minimum atomic E-state index is -3.75. The summed E-state index contributed by atoms with van der Waals surface area (Å²) in [7, 11) is -3.75. The molecule has 5 nitrogen and oxygen atoms in total. The first-order valence-corrected chi connectivity index (χ1v) is 8.33. The van der Waals surface area contributed by atoms with Crippen molar-refractivity contribution in [3.8, 4) is 0 Å². The SMILES string of the molecule is CCOCC(C)NS(=O)(=O)c1cc(CN)c(Cl)cc1Cl. The molecule has 3 N–H and O–H groups in total. The molecule has 0 saturated carbocycles. The van der Waals surface area contributed by atoms with E-state index in [2.05, 4.69) is 4.72 Å². The summed E-state index contributed by atoms with van der Waals surface area (Å²) in [5.74, 6) is 0. The van der Waals surface area contributed by atoms with Crippen LogP contribution in [0, 0.1) is 0 Å². The highest BCUT2D eigenvalue weighted by Crippen LogP contribution is 2.28. The van der Waals surface area contributed by atoms with E-state index in [1.165, 1.54) is 12.1 Å². The number of sulfonamides is 1. The fourth-order valence-electron chi connectivity index (χ4n) is 1.59. The average Bonchev–Trinajstić information content (AvgIpc) is 2.35. The highest BCUT2D eigenvalue weighted by molar-refractivity contribution is 7.89. The Morgan fingerprint density at radius 2 is 2.00 bits per heavy atom. The van der Waals surface area contributed by atoms with Crippen LogP contribution >= 0.6 is 23.2 Å². The van der Waals surface area contributed by atoms with Gasteiger partial charge in [-0.15, -0.1) is 0 Å². The molecule has 0 fully saturated rings. The van der Waals surface area contributed by atoms with Gasteiger partial charge in [-0.25, -0.2) is 13.1 Å². The molecule has 0 heterocycles. The third-order valence-electron chi connectivity index (χ3n) is 2.54. The van der Waals surface area contributed by atoms with Crippen molar-refractivity contribution in [2.75, 3.05) is 13.2 Å². The number of halogens is 2. The summed E-state index contributed by atoms with van der Waals surface area (Å²) in [6, 6.07) is 2.40. The van der Waals surface area contributed by atoms with Crippen LogP contribution in [0.25, 0.3) is 0 Å². The predicted molar refractivity (Wildman–Crippen MR) is 80.6 cm³/mol. The van der Waals surface area contributed by atoms with Gasteiger partial charge in [-0.3, -0.25) is 0 Å². The molecule has 1 atom stereocenters. The predicted octanol–water partition coefficient (Wildman–Crippen LogP) is 2.16. The summed E-state index contributed by atoms with van der Waals surface area (Å²) in [5.41, 5.74) is 6.04. The molecule has 114 valence electrons. The molecule has 0 saturated heterocycles. The first-order chi connectivity index (χ1) is 9.31. The number of benzene rings is 1. The Hall–Kier alpha value is -0.370. The van der Waals surface area contributed by atoms with Crippen molar-refractivity contribution in [3.05, 3.63) is 27.7 Å². The van der Waals surface area contributed by atoms with Crippen LogP contribution < -0.4 is 10.5 Å². The molecule has 0 aliphatic carbocycles. The first-order valence-electron chi connectivity index (χ1n) is 6.09. The van der Waals surface area contributed by atoms with E-state index >= 15 is 0 Å². The van der Waals surface area contributed by atoms with E-state index in [9.17, 15) is 8.42 Å². The minimum absolute atomic E-state index is 0.0348. The quantitative estimate of drug-likeness (QED) is 0.796. The lowest BCUT2D eigenvalue weighted by Crippen LogP contribution is -2.36. The monoisotopic (exact) mass is 340 g/mol. The molecule has 1 rings (SSSR count). The van der Waals surface area contributed by atoms with E-state index < -0.39 is 10.0 Å². The Morgan fingerprint density at radius 1 is 1.35 bits per heavy atom. The van der Waals surface area contributed by atoms with Crippen LogP contribution in [0.15, 0.2) is 17.0 Å². The number of ether oxygens (including phenoxy) is 1. The number of nitrogens with one attached hydrogen (secondary N) is 1. The van der Waals surface area contributed by atoms with Gasteiger partial charge in [0.1, 0.15) is 4.90 Å². The molecule has 1 unspecified atom stereocenters. The maximum atomic E-state index is 12.3. The van der Waals surface area contributed by atoms with Crippen molar-refractivity contribution in [2.45, 2.75) is 31.3 Å². The van der Waals surface area contributed by atoms with E-state index in [1.807, 2.05) is 6.92 Å². The second kappa shape index (κ2) is 7.59. The standard InChI is InChI=1S/C12H18Cl2N2O3S/c1-3-19-7-8(2)16-20(17,18)12-4-9(6-15)10(13)5-11(12)14/h4-5,8,16H,3,6-7,15H2,1-2H3. The zero-order valence-corrected chi connectivity index (χ0v) is 13.6. The zero-order chi connectivity index (χ0) is 15.3. The van der Waals surface area contributed by atoms with Gasteiger partial charge >= 0.3 is 0 Å². The van der Waals surface area contributed by atoms with E-state index in [1.54, 1.807) is 6.92 Å². The van der Waals surface area contributed by atoms with Crippen LogP contribution in [-0.4, -0.2) is 27.7 Å². The molecule has 0 aliphatic rings.